The summed E-state index contributed by atoms with van der Waals surface area (Å²) in [5, 5.41) is 2.26. The Hall–Kier alpha value is -2.31. The molecule has 0 radical (unpaired) electrons. The maximum Gasteiger partial charge on any atom is 0.335 e. The van der Waals surface area contributed by atoms with Gasteiger partial charge in [-0.1, -0.05) is 12.8 Å². The molecule has 1 aromatic rings. The van der Waals surface area contributed by atoms with Crippen molar-refractivity contribution in [3.63, 3.8) is 0 Å². The van der Waals surface area contributed by atoms with E-state index in [2.05, 4.69) is 15.3 Å². The number of hydrogen-bond acceptors (Lipinski definition) is 5. The Morgan fingerprint density at radius 2 is 1.74 bits per heavy atom. The Kier molecular flexibility index (Phi) is 2.55. The molecule has 1 saturated heterocycles. The summed E-state index contributed by atoms with van der Waals surface area (Å²) in [7, 11) is 0. The zero-order chi connectivity index (χ0) is 13.5. The third kappa shape index (κ3) is 1.61. The van der Waals surface area contributed by atoms with Crippen LogP contribution in [0, 0.1) is 5.41 Å². The van der Waals surface area contributed by atoms with E-state index in [1.54, 1.807) is 0 Å². The second-order valence-corrected chi connectivity index (χ2v) is 4.79. The van der Waals surface area contributed by atoms with Crippen molar-refractivity contribution in [1.29, 1.82) is 0 Å². The summed E-state index contributed by atoms with van der Waals surface area (Å²) in [6, 6.07) is -0.734. The molecule has 0 unspecified atom stereocenters. The molecule has 0 atom stereocenters. The van der Waals surface area contributed by atoms with Crippen LogP contribution in [0.15, 0.2) is 18.7 Å². The van der Waals surface area contributed by atoms with Gasteiger partial charge >= 0.3 is 6.03 Å². The predicted molar refractivity (Wildman–Crippen MR) is 64.0 cm³/mol. The normalized spacial score (nSPS) is 21.9. The minimum Gasteiger partial charge on any atom is -0.276 e. The van der Waals surface area contributed by atoms with Crippen molar-refractivity contribution < 1.29 is 14.4 Å². The number of barbiturate groups is 1. The molecule has 98 valence electrons. The monoisotopic (exact) mass is 260 g/mol. The highest BCUT2D eigenvalue weighted by Gasteiger charge is 2.55. The van der Waals surface area contributed by atoms with Gasteiger partial charge in [-0.25, -0.2) is 19.7 Å². The van der Waals surface area contributed by atoms with E-state index in [0.29, 0.717) is 12.8 Å². The lowest BCUT2D eigenvalue weighted by molar-refractivity contribution is -0.142. The molecule has 2 aliphatic rings. The first-order valence-electron chi connectivity index (χ1n) is 6.10. The predicted octanol–water partition coefficient (Wildman–Crippen LogP) is 0.620. The van der Waals surface area contributed by atoms with Gasteiger partial charge in [0.05, 0.1) is 18.1 Å². The molecule has 1 saturated carbocycles. The van der Waals surface area contributed by atoms with Crippen molar-refractivity contribution in [3.8, 4) is 0 Å². The van der Waals surface area contributed by atoms with E-state index >= 15 is 0 Å². The van der Waals surface area contributed by atoms with Gasteiger partial charge in [-0.3, -0.25) is 14.9 Å². The number of hydrogen-bond donors (Lipinski definition) is 1. The van der Waals surface area contributed by atoms with Crippen LogP contribution in [0.5, 0.6) is 0 Å². The van der Waals surface area contributed by atoms with Crippen molar-refractivity contribution in [1.82, 2.24) is 15.3 Å². The highest BCUT2D eigenvalue weighted by atomic mass is 16.2. The second kappa shape index (κ2) is 4.11. The maximum absolute atomic E-state index is 12.6. The number of carbonyl (C=O) groups excluding carboxylic acids is 3. The van der Waals surface area contributed by atoms with Crippen molar-refractivity contribution in [2.45, 2.75) is 25.7 Å². The lowest BCUT2D eigenvalue weighted by Crippen LogP contribution is -2.63. The number of rotatable bonds is 1. The van der Waals surface area contributed by atoms with E-state index in [1.807, 2.05) is 0 Å². The van der Waals surface area contributed by atoms with Crippen LogP contribution in [-0.2, 0) is 9.59 Å². The molecule has 0 bridgehead atoms. The highest BCUT2D eigenvalue weighted by molar-refractivity contribution is 6.29. The van der Waals surface area contributed by atoms with Crippen molar-refractivity contribution in [2.75, 3.05) is 4.90 Å². The fraction of sp³-hybridized carbons (Fsp3) is 0.417. The number of aromatic nitrogens is 2. The molecule has 1 aliphatic carbocycles. The Morgan fingerprint density at radius 1 is 1.11 bits per heavy atom. The minimum atomic E-state index is -1.09. The lowest BCUT2D eigenvalue weighted by Gasteiger charge is -2.36. The van der Waals surface area contributed by atoms with Gasteiger partial charge in [-0.2, -0.15) is 0 Å². The van der Waals surface area contributed by atoms with E-state index in [0.717, 1.165) is 17.7 Å². The molecule has 1 aliphatic heterocycles. The Balaban J connectivity index is 2.03. The van der Waals surface area contributed by atoms with Crippen LogP contribution in [0.4, 0.5) is 10.5 Å². The first-order chi connectivity index (χ1) is 9.15. The van der Waals surface area contributed by atoms with Crippen LogP contribution >= 0.6 is 0 Å². The average Bonchev–Trinajstić information content (AvgIpc) is 2.89. The molecule has 1 spiro atoms. The summed E-state index contributed by atoms with van der Waals surface area (Å²) < 4.78 is 0. The molecule has 1 aromatic heterocycles. The van der Waals surface area contributed by atoms with E-state index < -0.39 is 23.3 Å². The highest BCUT2D eigenvalue weighted by Crippen LogP contribution is 2.42. The van der Waals surface area contributed by atoms with Gasteiger partial charge < -0.3 is 0 Å². The molecule has 2 heterocycles. The van der Waals surface area contributed by atoms with E-state index in [9.17, 15) is 14.4 Å². The van der Waals surface area contributed by atoms with Crippen molar-refractivity contribution in [3.05, 3.63) is 18.7 Å². The summed E-state index contributed by atoms with van der Waals surface area (Å²) in [5.74, 6) is -0.943. The summed E-state index contributed by atoms with van der Waals surface area (Å²) in [4.78, 5) is 45.0. The molecule has 19 heavy (non-hydrogen) atoms. The van der Waals surface area contributed by atoms with Crippen LogP contribution in [0.3, 0.4) is 0 Å². The topological polar surface area (TPSA) is 92.3 Å². The van der Waals surface area contributed by atoms with E-state index in [1.165, 1.54) is 18.7 Å². The second-order valence-electron chi connectivity index (χ2n) is 4.79. The Morgan fingerprint density at radius 3 is 2.37 bits per heavy atom. The van der Waals surface area contributed by atoms with Gasteiger partial charge in [-0.15, -0.1) is 0 Å². The minimum absolute atomic E-state index is 0.281. The molecule has 2 fully saturated rings. The standard InChI is InChI=1S/C12H12N4O3/c17-9-12(3-1-2-4-12)10(18)16(11(19)15-9)8-5-13-7-14-6-8/h5-7H,1-4H2,(H,15,17,19). The quantitative estimate of drug-likeness (QED) is 0.747. The van der Waals surface area contributed by atoms with Crippen molar-refractivity contribution >= 4 is 23.5 Å². The SMILES string of the molecule is O=C1NC(=O)C2(CCCC2)C(=O)N1c1cncnc1. The molecule has 1 N–H and O–H groups in total. The summed E-state index contributed by atoms with van der Waals surface area (Å²) in [6.07, 6.45) is 6.65. The van der Waals surface area contributed by atoms with Gasteiger partial charge in [0.15, 0.2) is 0 Å². The smallest absolute Gasteiger partial charge is 0.276 e. The molecular weight excluding hydrogens is 248 g/mol. The fourth-order valence-corrected chi connectivity index (χ4v) is 2.74. The van der Waals surface area contributed by atoms with Crippen LogP contribution in [-0.4, -0.2) is 27.8 Å². The number of anilines is 1. The summed E-state index contributed by atoms with van der Waals surface area (Å²) >= 11 is 0. The molecular formula is C12H12N4O3. The molecule has 0 aromatic carbocycles. The number of carbonyl (C=O) groups is 3. The van der Waals surface area contributed by atoms with Gasteiger partial charge in [0.1, 0.15) is 11.7 Å². The Labute approximate surface area is 109 Å². The Bertz CT molecular complexity index is 551. The maximum atomic E-state index is 12.6. The van der Waals surface area contributed by atoms with E-state index in [-0.39, 0.29) is 5.69 Å². The average molecular weight is 260 g/mol. The summed E-state index contributed by atoms with van der Waals surface area (Å²) in [6.45, 7) is 0. The molecule has 7 heteroatoms. The van der Waals surface area contributed by atoms with Crippen molar-refractivity contribution in [2.24, 2.45) is 5.41 Å². The van der Waals surface area contributed by atoms with Gasteiger partial charge in [-0.05, 0) is 12.8 Å². The third-order valence-electron chi connectivity index (χ3n) is 3.73. The molecule has 3 rings (SSSR count). The molecule has 7 nitrogen and oxygen atoms in total. The fourth-order valence-electron chi connectivity index (χ4n) is 2.74. The largest absolute Gasteiger partial charge is 0.335 e. The number of imide groups is 2. The number of urea groups is 1. The first-order valence-corrected chi connectivity index (χ1v) is 6.10. The van der Waals surface area contributed by atoms with Crippen LogP contribution in [0.2, 0.25) is 0 Å². The number of nitrogens with one attached hydrogen (secondary N) is 1. The summed E-state index contributed by atoms with van der Waals surface area (Å²) in [5.41, 5.74) is -0.812. The zero-order valence-electron chi connectivity index (χ0n) is 10.1. The van der Waals surface area contributed by atoms with Gasteiger partial charge in [0.25, 0.3) is 5.91 Å². The van der Waals surface area contributed by atoms with Gasteiger partial charge in [0.2, 0.25) is 5.91 Å². The van der Waals surface area contributed by atoms with Crippen LogP contribution in [0.1, 0.15) is 25.7 Å². The van der Waals surface area contributed by atoms with Crippen LogP contribution < -0.4 is 10.2 Å². The lowest BCUT2D eigenvalue weighted by atomic mass is 9.82. The van der Waals surface area contributed by atoms with Gasteiger partial charge in [0, 0.05) is 0 Å². The zero-order valence-corrected chi connectivity index (χ0v) is 10.1. The third-order valence-corrected chi connectivity index (χ3v) is 3.73. The number of nitrogens with zero attached hydrogens (tertiary/aromatic N) is 3. The van der Waals surface area contributed by atoms with Crippen LogP contribution in [0.25, 0.3) is 0 Å². The first kappa shape index (κ1) is 11.8. The number of amides is 4. The van der Waals surface area contributed by atoms with E-state index in [4.69, 9.17) is 0 Å². The molecule has 4 amide bonds.